The van der Waals surface area contributed by atoms with Crippen LogP contribution in [0.4, 0.5) is 17.1 Å². The van der Waals surface area contributed by atoms with E-state index in [0.29, 0.717) is 13.0 Å². The number of anilines is 3. The van der Waals surface area contributed by atoms with Crippen molar-refractivity contribution in [2.75, 3.05) is 41.7 Å². The zero-order valence-electron chi connectivity index (χ0n) is 15.8. The topological polar surface area (TPSA) is 96.7 Å². The van der Waals surface area contributed by atoms with Crippen molar-refractivity contribution in [1.82, 2.24) is 0 Å². The molecule has 0 aliphatic carbocycles. The van der Waals surface area contributed by atoms with Crippen LogP contribution in [-0.4, -0.2) is 39.4 Å². The highest BCUT2D eigenvalue weighted by molar-refractivity contribution is 7.85. The van der Waals surface area contributed by atoms with E-state index in [1.165, 1.54) is 0 Å². The van der Waals surface area contributed by atoms with Crippen LogP contribution in [0.1, 0.15) is 12.0 Å². The normalized spacial score (nSPS) is 10.4. The number of rotatable bonds is 8. The van der Waals surface area contributed by atoms with Crippen molar-refractivity contribution >= 4 is 27.2 Å². The van der Waals surface area contributed by atoms with E-state index in [-0.39, 0.29) is 5.75 Å². The Morgan fingerprint density at radius 2 is 1.64 bits per heavy atom. The van der Waals surface area contributed by atoms with E-state index < -0.39 is 10.1 Å². The fraction of sp³-hybridized carbons (Fsp3) is 0.250. The van der Waals surface area contributed by atoms with Gasteiger partial charge in [0.1, 0.15) is 0 Å². The second-order valence-electron chi connectivity index (χ2n) is 6.19. The first kappa shape index (κ1) is 21.1. The Morgan fingerprint density at radius 3 is 2.21 bits per heavy atom. The third-order valence-electron chi connectivity index (χ3n) is 4.02. The first-order valence-corrected chi connectivity index (χ1v) is 10.2. The third kappa shape index (κ3) is 6.84. The second-order valence-corrected chi connectivity index (χ2v) is 7.76. The summed E-state index contributed by atoms with van der Waals surface area (Å²) in [5.41, 5.74) is 6.82. The fourth-order valence-corrected chi connectivity index (χ4v) is 3.02. The van der Waals surface area contributed by atoms with Crippen molar-refractivity contribution in [2.45, 2.75) is 6.42 Å². The van der Waals surface area contributed by atoms with Gasteiger partial charge in [0.2, 0.25) is 0 Å². The Hall–Kier alpha value is -3.20. The summed E-state index contributed by atoms with van der Waals surface area (Å²) in [5.74, 6) is 4.87. The molecule has 0 aromatic heterocycles. The number of nitriles is 1. The molecule has 0 saturated carbocycles. The smallest absolute Gasteiger partial charge is 0.264 e. The number of nitrogens with zero attached hydrogens (tertiary/aromatic N) is 3. The van der Waals surface area contributed by atoms with E-state index in [1.807, 2.05) is 72.5 Å². The molecule has 2 aromatic rings. The molecule has 0 radical (unpaired) electrons. The molecule has 0 amide bonds. The van der Waals surface area contributed by atoms with Gasteiger partial charge >= 0.3 is 0 Å². The Bertz CT molecular complexity index is 985. The van der Waals surface area contributed by atoms with Crippen LogP contribution in [0.5, 0.6) is 0 Å². The van der Waals surface area contributed by atoms with Crippen molar-refractivity contribution < 1.29 is 13.0 Å². The van der Waals surface area contributed by atoms with Crippen LogP contribution in [0, 0.1) is 23.2 Å². The van der Waals surface area contributed by atoms with Crippen molar-refractivity contribution in [2.24, 2.45) is 0 Å². The molecule has 28 heavy (non-hydrogen) atoms. The van der Waals surface area contributed by atoms with Gasteiger partial charge in [-0.1, -0.05) is 5.92 Å². The number of hydrogen-bond donors (Lipinski definition) is 2. The maximum absolute atomic E-state index is 10.8. The lowest BCUT2D eigenvalue weighted by Gasteiger charge is -2.23. The predicted molar refractivity (Wildman–Crippen MR) is 112 cm³/mol. The van der Waals surface area contributed by atoms with Crippen LogP contribution < -0.4 is 15.3 Å². The molecule has 7 nitrogen and oxygen atoms in total. The number of hydrazine groups is 1. The minimum Gasteiger partial charge on any atom is -0.375 e. The Morgan fingerprint density at radius 1 is 1.04 bits per heavy atom. The largest absolute Gasteiger partial charge is 0.375 e. The molecule has 2 rings (SSSR count). The lowest BCUT2D eigenvalue weighted by Crippen LogP contribution is -2.24. The average Bonchev–Trinajstić information content (AvgIpc) is 2.66. The average molecular weight is 398 g/mol. The van der Waals surface area contributed by atoms with Crippen LogP contribution in [0.25, 0.3) is 0 Å². The molecule has 0 spiro atoms. The zero-order valence-corrected chi connectivity index (χ0v) is 16.6. The van der Waals surface area contributed by atoms with E-state index in [2.05, 4.69) is 17.3 Å². The minimum atomic E-state index is -3.92. The molecule has 0 aliphatic heterocycles. The Kier molecular flexibility index (Phi) is 7.28. The molecule has 8 heteroatoms. The lowest BCUT2D eigenvalue weighted by atomic mass is 10.2. The van der Waals surface area contributed by atoms with Crippen LogP contribution >= 0.6 is 0 Å². The van der Waals surface area contributed by atoms with Crippen molar-refractivity contribution in [1.29, 1.82) is 5.26 Å². The highest BCUT2D eigenvalue weighted by Gasteiger charge is 2.07. The van der Waals surface area contributed by atoms with E-state index in [0.717, 1.165) is 22.6 Å². The van der Waals surface area contributed by atoms with Gasteiger partial charge < -0.3 is 4.90 Å². The molecule has 0 saturated heterocycles. The highest BCUT2D eigenvalue weighted by Crippen LogP contribution is 2.20. The monoisotopic (exact) mass is 398 g/mol. The zero-order chi connectivity index (χ0) is 20.6. The van der Waals surface area contributed by atoms with Gasteiger partial charge in [-0.3, -0.25) is 15.0 Å². The van der Waals surface area contributed by atoms with Gasteiger partial charge in [0.05, 0.1) is 17.1 Å². The van der Waals surface area contributed by atoms with Gasteiger partial charge in [0.15, 0.2) is 6.07 Å². The maximum atomic E-state index is 10.8. The number of nitrogens with one attached hydrogen (secondary N) is 1. The standard InChI is InChI=1S/C20H22N4O3S/c1-23(15-4-16-28(25,26)27)19-12-8-18(9-13-19)22-24(2)20-10-6-17(7-11-20)5-3-14-21/h6-13,22H,4,15-16H2,1-2H3,(H,25,26,27). The molecule has 0 heterocycles. The van der Waals surface area contributed by atoms with Gasteiger partial charge in [-0.25, -0.2) is 0 Å². The molecular weight excluding hydrogens is 376 g/mol. The number of benzene rings is 2. The third-order valence-corrected chi connectivity index (χ3v) is 4.82. The summed E-state index contributed by atoms with van der Waals surface area (Å²) in [6.07, 6.45) is 0.354. The van der Waals surface area contributed by atoms with Gasteiger partial charge in [-0.05, 0) is 55.0 Å². The van der Waals surface area contributed by atoms with E-state index in [4.69, 9.17) is 9.81 Å². The maximum Gasteiger partial charge on any atom is 0.264 e. The highest BCUT2D eigenvalue weighted by atomic mass is 32.2. The summed E-state index contributed by atoms with van der Waals surface area (Å²) in [7, 11) is -0.155. The first-order valence-electron chi connectivity index (χ1n) is 8.55. The summed E-state index contributed by atoms with van der Waals surface area (Å²) < 4.78 is 30.4. The Balaban J connectivity index is 1.93. The molecular formula is C20H22N4O3S. The minimum absolute atomic E-state index is 0.247. The summed E-state index contributed by atoms with van der Waals surface area (Å²) in [6.45, 7) is 0.521. The van der Waals surface area contributed by atoms with Crippen LogP contribution in [0.3, 0.4) is 0 Å². The molecule has 2 aromatic carbocycles. The van der Waals surface area contributed by atoms with E-state index in [9.17, 15) is 8.42 Å². The van der Waals surface area contributed by atoms with Crippen LogP contribution in [-0.2, 0) is 10.1 Å². The van der Waals surface area contributed by atoms with Crippen molar-refractivity contribution in [3.63, 3.8) is 0 Å². The molecule has 0 aliphatic rings. The van der Waals surface area contributed by atoms with Crippen molar-refractivity contribution in [3.8, 4) is 17.9 Å². The molecule has 0 fully saturated rings. The number of hydrogen-bond acceptors (Lipinski definition) is 6. The van der Waals surface area contributed by atoms with Gasteiger partial charge in [-0.15, -0.1) is 0 Å². The summed E-state index contributed by atoms with van der Waals surface area (Å²) in [6, 6.07) is 17.0. The molecule has 0 atom stereocenters. The van der Waals surface area contributed by atoms with E-state index in [1.54, 1.807) is 6.07 Å². The summed E-state index contributed by atoms with van der Waals surface area (Å²) in [4.78, 5) is 1.93. The molecule has 0 bridgehead atoms. The molecule has 0 unspecified atom stereocenters. The summed E-state index contributed by atoms with van der Waals surface area (Å²) >= 11 is 0. The summed E-state index contributed by atoms with van der Waals surface area (Å²) in [5, 5.41) is 10.4. The second kappa shape index (κ2) is 9.65. The SMILES string of the molecule is CN(CCCS(=O)(=O)O)c1ccc(NN(C)c2ccc(C#CC#N)cc2)cc1. The van der Waals surface area contributed by atoms with Crippen molar-refractivity contribution in [3.05, 3.63) is 54.1 Å². The van der Waals surface area contributed by atoms with Crippen LogP contribution in [0.2, 0.25) is 0 Å². The first-order chi connectivity index (χ1) is 13.3. The molecule has 146 valence electrons. The fourth-order valence-electron chi connectivity index (χ4n) is 2.53. The van der Waals surface area contributed by atoms with Gasteiger partial charge in [0.25, 0.3) is 10.1 Å². The van der Waals surface area contributed by atoms with E-state index >= 15 is 0 Å². The quantitative estimate of drug-likeness (QED) is 0.401. The Labute approximate surface area is 165 Å². The lowest BCUT2D eigenvalue weighted by molar-refractivity contribution is 0.481. The molecule has 2 N–H and O–H groups in total. The van der Waals surface area contributed by atoms with Gasteiger partial charge in [-0.2, -0.15) is 13.7 Å². The predicted octanol–water partition coefficient (Wildman–Crippen LogP) is 2.74. The van der Waals surface area contributed by atoms with Crippen LogP contribution in [0.15, 0.2) is 48.5 Å². The van der Waals surface area contributed by atoms with Gasteiger partial charge in [0, 0.05) is 37.8 Å².